The number of hydrogen-bond acceptors (Lipinski definition) is 3. The molecule has 1 unspecified atom stereocenters. The van der Waals surface area contributed by atoms with E-state index in [0.717, 1.165) is 31.6 Å². The second kappa shape index (κ2) is 6.39. The highest BCUT2D eigenvalue weighted by atomic mass is 16.2. The van der Waals surface area contributed by atoms with Crippen LogP contribution in [0.25, 0.3) is 0 Å². The number of aryl methyl sites for hydroxylation is 2. The number of nitrogens with one attached hydrogen (secondary N) is 1. The molecule has 0 radical (unpaired) electrons. The largest absolute Gasteiger partial charge is 0.341 e. The first-order chi connectivity index (χ1) is 9.52. The molecule has 1 saturated heterocycles. The fourth-order valence-corrected chi connectivity index (χ4v) is 3.01. The molecule has 0 saturated carbocycles. The molecule has 1 amide bonds. The van der Waals surface area contributed by atoms with Crippen molar-refractivity contribution in [1.29, 1.82) is 0 Å². The molecule has 2 rings (SSSR count). The van der Waals surface area contributed by atoms with Crippen molar-refractivity contribution < 1.29 is 4.79 Å². The van der Waals surface area contributed by atoms with E-state index in [1.807, 2.05) is 30.6 Å². The fraction of sp³-hybridized carbons (Fsp3) is 0.733. The van der Waals surface area contributed by atoms with Crippen LogP contribution >= 0.6 is 0 Å². The molecule has 2 heterocycles. The Hall–Kier alpha value is -1.36. The highest BCUT2D eigenvalue weighted by molar-refractivity contribution is 5.76. The Morgan fingerprint density at radius 3 is 2.80 bits per heavy atom. The number of carbonyl (C=O) groups excluding carboxylic acids is 1. The summed E-state index contributed by atoms with van der Waals surface area (Å²) in [6, 6.07) is 0.453. The minimum Gasteiger partial charge on any atom is -0.341 e. The van der Waals surface area contributed by atoms with Crippen LogP contribution in [-0.2, 0) is 18.3 Å². The van der Waals surface area contributed by atoms with Crippen LogP contribution in [0.5, 0.6) is 0 Å². The first-order valence-electron chi connectivity index (χ1n) is 7.47. The Balaban J connectivity index is 1.91. The third kappa shape index (κ3) is 3.20. The molecule has 0 spiro atoms. The molecule has 1 aromatic rings. The van der Waals surface area contributed by atoms with Gasteiger partial charge in [-0.3, -0.25) is 9.48 Å². The van der Waals surface area contributed by atoms with Gasteiger partial charge in [-0.25, -0.2) is 0 Å². The molecule has 1 N–H and O–H groups in total. The molecule has 1 aliphatic rings. The van der Waals surface area contributed by atoms with Gasteiger partial charge in [-0.2, -0.15) is 5.10 Å². The van der Waals surface area contributed by atoms with Gasteiger partial charge in [-0.05, 0) is 45.7 Å². The molecule has 5 heteroatoms. The van der Waals surface area contributed by atoms with Gasteiger partial charge < -0.3 is 10.2 Å². The Morgan fingerprint density at radius 1 is 1.45 bits per heavy atom. The second-order valence-corrected chi connectivity index (χ2v) is 5.74. The minimum atomic E-state index is 0.271. The molecule has 0 aliphatic carbocycles. The van der Waals surface area contributed by atoms with Gasteiger partial charge in [0.05, 0.1) is 5.69 Å². The van der Waals surface area contributed by atoms with Crippen LogP contribution in [0.3, 0.4) is 0 Å². The number of likely N-dealkylation sites (N-methyl/N-ethyl adjacent to an activating group) is 1. The predicted octanol–water partition coefficient (Wildman–Crippen LogP) is 1.18. The standard InChI is InChI=1S/C15H26N4O/c1-11-14(12(2)18(4)17-11)7-8-15(20)19-9-5-6-13(10-19)16-3/h13,16H,5-10H2,1-4H3. The van der Waals surface area contributed by atoms with Crippen molar-refractivity contribution in [1.82, 2.24) is 20.0 Å². The Labute approximate surface area is 121 Å². The smallest absolute Gasteiger partial charge is 0.222 e. The number of amides is 1. The minimum absolute atomic E-state index is 0.271. The van der Waals surface area contributed by atoms with Crippen molar-refractivity contribution >= 4 is 5.91 Å². The van der Waals surface area contributed by atoms with E-state index >= 15 is 0 Å². The molecule has 20 heavy (non-hydrogen) atoms. The van der Waals surface area contributed by atoms with E-state index < -0.39 is 0 Å². The van der Waals surface area contributed by atoms with E-state index in [2.05, 4.69) is 17.3 Å². The first kappa shape index (κ1) is 15.0. The highest BCUT2D eigenvalue weighted by Crippen LogP contribution is 2.16. The normalized spacial score (nSPS) is 19.4. The summed E-state index contributed by atoms with van der Waals surface area (Å²) in [4.78, 5) is 14.3. The lowest BCUT2D eigenvalue weighted by Crippen LogP contribution is -2.47. The van der Waals surface area contributed by atoms with E-state index in [4.69, 9.17) is 0 Å². The van der Waals surface area contributed by atoms with Gasteiger partial charge in [-0.15, -0.1) is 0 Å². The molecule has 1 fully saturated rings. The van der Waals surface area contributed by atoms with Crippen molar-refractivity contribution in [3.05, 3.63) is 17.0 Å². The summed E-state index contributed by atoms with van der Waals surface area (Å²) in [6.07, 6.45) is 3.65. The third-order valence-corrected chi connectivity index (χ3v) is 4.43. The summed E-state index contributed by atoms with van der Waals surface area (Å²) in [5, 5.41) is 7.69. The monoisotopic (exact) mass is 278 g/mol. The molecule has 1 aromatic heterocycles. The molecule has 0 bridgehead atoms. The SMILES string of the molecule is CNC1CCCN(C(=O)CCc2c(C)nn(C)c2C)C1. The maximum Gasteiger partial charge on any atom is 0.222 e. The van der Waals surface area contributed by atoms with Gasteiger partial charge in [0.1, 0.15) is 0 Å². The van der Waals surface area contributed by atoms with Gasteiger partial charge in [-0.1, -0.05) is 0 Å². The topological polar surface area (TPSA) is 50.2 Å². The van der Waals surface area contributed by atoms with Gasteiger partial charge >= 0.3 is 0 Å². The number of likely N-dealkylation sites (tertiary alicyclic amines) is 1. The van der Waals surface area contributed by atoms with Crippen LogP contribution in [-0.4, -0.2) is 46.8 Å². The van der Waals surface area contributed by atoms with Crippen LogP contribution in [0.2, 0.25) is 0 Å². The number of piperidine rings is 1. The average molecular weight is 278 g/mol. The fourth-order valence-electron chi connectivity index (χ4n) is 3.01. The number of rotatable bonds is 4. The number of aromatic nitrogens is 2. The zero-order valence-corrected chi connectivity index (χ0v) is 13.1. The van der Waals surface area contributed by atoms with Gasteiger partial charge in [0, 0.05) is 38.3 Å². The Kier molecular flexibility index (Phi) is 4.81. The van der Waals surface area contributed by atoms with Crippen LogP contribution in [0, 0.1) is 13.8 Å². The van der Waals surface area contributed by atoms with Gasteiger partial charge in [0.25, 0.3) is 0 Å². The van der Waals surface area contributed by atoms with E-state index in [1.165, 1.54) is 17.7 Å². The molecule has 1 aliphatic heterocycles. The number of nitrogens with zero attached hydrogens (tertiary/aromatic N) is 3. The predicted molar refractivity (Wildman–Crippen MR) is 79.7 cm³/mol. The lowest BCUT2D eigenvalue weighted by Gasteiger charge is -2.32. The van der Waals surface area contributed by atoms with Crippen LogP contribution in [0.1, 0.15) is 36.2 Å². The molecular formula is C15H26N4O. The lowest BCUT2D eigenvalue weighted by atomic mass is 10.0. The van der Waals surface area contributed by atoms with Crippen LogP contribution in [0.4, 0.5) is 0 Å². The third-order valence-electron chi connectivity index (χ3n) is 4.43. The van der Waals surface area contributed by atoms with Crippen molar-refractivity contribution in [3.8, 4) is 0 Å². The van der Waals surface area contributed by atoms with Crippen LogP contribution in [0.15, 0.2) is 0 Å². The maximum absolute atomic E-state index is 12.3. The molecule has 1 atom stereocenters. The molecule has 5 nitrogen and oxygen atoms in total. The molecular weight excluding hydrogens is 252 g/mol. The van der Waals surface area contributed by atoms with E-state index in [1.54, 1.807) is 0 Å². The molecule has 112 valence electrons. The summed E-state index contributed by atoms with van der Waals surface area (Å²) in [6.45, 7) is 5.84. The van der Waals surface area contributed by atoms with Gasteiger partial charge in [0.2, 0.25) is 5.91 Å². The Morgan fingerprint density at radius 2 is 2.20 bits per heavy atom. The van der Waals surface area contributed by atoms with Crippen molar-refractivity contribution in [2.24, 2.45) is 7.05 Å². The summed E-state index contributed by atoms with van der Waals surface area (Å²) < 4.78 is 1.90. The van der Waals surface area contributed by atoms with Gasteiger partial charge in [0.15, 0.2) is 0 Å². The first-order valence-corrected chi connectivity index (χ1v) is 7.47. The Bertz CT molecular complexity index is 480. The van der Waals surface area contributed by atoms with Crippen molar-refractivity contribution in [2.45, 2.75) is 45.6 Å². The summed E-state index contributed by atoms with van der Waals surface area (Å²) in [5.74, 6) is 0.271. The van der Waals surface area contributed by atoms with E-state index in [-0.39, 0.29) is 5.91 Å². The summed E-state index contributed by atoms with van der Waals surface area (Å²) >= 11 is 0. The highest BCUT2D eigenvalue weighted by Gasteiger charge is 2.22. The zero-order valence-electron chi connectivity index (χ0n) is 13.1. The second-order valence-electron chi connectivity index (χ2n) is 5.74. The summed E-state index contributed by atoms with van der Waals surface area (Å²) in [5.41, 5.74) is 3.44. The quantitative estimate of drug-likeness (QED) is 0.900. The van der Waals surface area contributed by atoms with Crippen molar-refractivity contribution in [2.75, 3.05) is 20.1 Å². The summed E-state index contributed by atoms with van der Waals surface area (Å²) in [7, 11) is 3.93. The van der Waals surface area contributed by atoms with Crippen LogP contribution < -0.4 is 5.32 Å². The zero-order chi connectivity index (χ0) is 14.7. The van der Waals surface area contributed by atoms with Crippen molar-refractivity contribution in [3.63, 3.8) is 0 Å². The van der Waals surface area contributed by atoms with E-state index in [9.17, 15) is 4.79 Å². The molecule has 0 aromatic carbocycles. The lowest BCUT2D eigenvalue weighted by molar-refractivity contribution is -0.132. The number of carbonyl (C=O) groups is 1. The van der Waals surface area contributed by atoms with E-state index in [0.29, 0.717) is 12.5 Å². The average Bonchev–Trinajstić information content (AvgIpc) is 2.70. The maximum atomic E-state index is 12.3. The number of hydrogen-bond donors (Lipinski definition) is 1.